The highest BCUT2D eigenvalue weighted by molar-refractivity contribution is 7.89. The van der Waals surface area contributed by atoms with E-state index in [0.717, 1.165) is 12.8 Å². The summed E-state index contributed by atoms with van der Waals surface area (Å²) in [5.41, 5.74) is 0.439. The van der Waals surface area contributed by atoms with Crippen molar-refractivity contribution in [3.63, 3.8) is 0 Å². The minimum atomic E-state index is -3.48. The number of hydrogen-bond acceptors (Lipinski definition) is 4. The van der Waals surface area contributed by atoms with E-state index in [-0.39, 0.29) is 17.0 Å². The molecule has 1 aliphatic carbocycles. The lowest BCUT2D eigenvalue weighted by Crippen LogP contribution is -2.39. The molecule has 1 fully saturated rings. The van der Waals surface area contributed by atoms with E-state index in [9.17, 15) is 8.42 Å². The second-order valence-corrected chi connectivity index (χ2v) is 6.59. The zero-order valence-corrected chi connectivity index (χ0v) is 11.4. The van der Waals surface area contributed by atoms with Crippen molar-refractivity contribution in [3.05, 3.63) is 11.5 Å². The summed E-state index contributed by atoms with van der Waals surface area (Å²) in [6.07, 6.45) is 1.89. The molecule has 0 atom stereocenters. The normalized spacial score (nSPS) is 17.1. The monoisotopic (exact) mass is 258 g/mol. The van der Waals surface area contributed by atoms with E-state index in [1.807, 2.05) is 13.8 Å². The molecule has 6 heteroatoms. The molecule has 0 saturated heterocycles. The maximum atomic E-state index is 12.6. The molecule has 0 unspecified atom stereocenters. The van der Waals surface area contributed by atoms with Crippen LogP contribution in [0, 0.1) is 13.8 Å². The molecule has 96 valence electrons. The van der Waals surface area contributed by atoms with Crippen molar-refractivity contribution in [3.8, 4) is 0 Å². The van der Waals surface area contributed by atoms with Crippen LogP contribution in [0.4, 0.5) is 0 Å². The van der Waals surface area contributed by atoms with Gasteiger partial charge in [-0.2, -0.15) is 4.31 Å². The average Bonchev–Trinajstić information content (AvgIpc) is 2.92. The third-order valence-electron chi connectivity index (χ3n) is 2.92. The Morgan fingerprint density at radius 1 is 1.35 bits per heavy atom. The van der Waals surface area contributed by atoms with Crippen LogP contribution in [-0.4, -0.2) is 30.0 Å². The van der Waals surface area contributed by atoms with Crippen LogP contribution in [0.5, 0.6) is 0 Å². The van der Waals surface area contributed by atoms with Crippen LogP contribution in [0.15, 0.2) is 9.42 Å². The van der Waals surface area contributed by atoms with E-state index < -0.39 is 10.0 Å². The quantitative estimate of drug-likeness (QED) is 0.826. The van der Waals surface area contributed by atoms with Gasteiger partial charge in [-0.15, -0.1) is 0 Å². The molecule has 1 aliphatic rings. The van der Waals surface area contributed by atoms with E-state index in [1.165, 1.54) is 0 Å². The minimum absolute atomic E-state index is 0.0406. The van der Waals surface area contributed by atoms with Gasteiger partial charge in [0, 0.05) is 12.1 Å². The van der Waals surface area contributed by atoms with Gasteiger partial charge < -0.3 is 4.52 Å². The maximum Gasteiger partial charge on any atom is 0.248 e. The van der Waals surface area contributed by atoms with Gasteiger partial charge in [0.05, 0.1) is 0 Å². The molecule has 17 heavy (non-hydrogen) atoms. The second-order valence-electron chi connectivity index (χ2n) is 4.81. The minimum Gasteiger partial charge on any atom is -0.360 e. The van der Waals surface area contributed by atoms with E-state index in [4.69, 9.17) is 4.52 Å². The SMILES string of the molecule is Cc1noc(C)c1S(=O)(=O)N(C(C)C)C1CC1. The zero-order valence-electron chi connectivity index (χ0n) is 10.6. The lowest BCUT2D eigenvalue weighted by molar-refractivity contribution is 0.344. The predicted octanol–water partition coefficient (Wildman–Crippen LogP) is 1.85. The summed E-state index contributed by atoms with van der Waals surface area (Å²) in [5.74, 6) is 0.369. The van der Waals surface area contributed by atoms with Gasteiger partial charge in [-0.25, -0.2) is 8.42 Å². The van der Waals surface area contributed by atoms with Crippen LogP contribution in [0.2, 0.25) is 0 Å². The highest BCUT2D eigenvalue weighted by atomic mass is 32.2. The molecule has 0 aliphatic heterocycles. The molecule has 1 heterocycles. The fourth-order valence-electron chi connectivity index (χ4n) is 2.17. The van der Waals surface area contributed by atoms with Gasteiger partial charge in [0.25, 0.3) is 0 Å². The van der Waals surface area contributed by atoms with Gasteiger partial charge in [-0.1, -0.05) is 5.16 Å². The lowest BCUT2D eigenvalue weighted by atomic mass is 10.4. The van der Waals surface area contributed by atoms with Crippen molar-refractivity contribution in [2.75, 3.05) is 0 Å². The molecule has 0 radical (unpaired) electrons. The first-order valence-corrected chi connectivity index (χ1v) is 7.26. The molecule has 1 saturated carbocycles. The Balaban J connectivity index is 2.48. The molecular formula is C11H18N2O3S. The van der Waals surface area contributed by atoms with Crippen LogP contribution < -0.4 is 0 Å². The van der Waals surface area contributed by atoms with Gasteiger partial charge in [-0.05, 0) is 40.5 Å². The summed E-state index contributed by atoms with van der Waals surface area (Å²) < 4.78 is 31.7. The number of sulfonamides is 1. The summed E-state index contributed by atoms with van der Waals surface area (Å²) >= 11 is 0. The average molecular weight is 258 g/mol. The fraction of sp³-hybridized carbons (Fsp3) is 0.727. The molecular weight excluding hydrogens is 240 g/mol. The van der Waals surface area contributed by atoms with Crippen molar-refractivity contribution in [2.45, 2.75) is 57.5 Å². The van der Waals surface area contributed by atoms with E-state index in [0.29, 0.717) is 11.5 Å². The largest absolute Gasteiger partial charge is 0.360 e. The number of nitrogens with zero attached hydrogens (tertiary/aromatic N) is 2. The molecule has 1 aromatic heterocycles. The van der Waals surface area contributed by atoms with Crippen molar-refractivity contribution < 1.29 is 12.9 Å². The molecule has 2 rings (SSSR count). The summed E-state index contributed by atoms with van der Waals surface area (Å²) in [6, 6.07) is 0.106. The van der Waals surface area contributed by atoms with Gasteiger partial charge in [0.1, 0.15) is 10.6 Å². The molecule has 5 nitrogen and oxygen atoms in total. The van der Waals surface area contributed by atoms with Gasteiger partial charge in [0.15, 0.2) is 5.76 Å². The summed E-state index contributed by atoms with van der Waals surface area (Å²) in [7, 11) is -3.48. The van der Waals surface area contributed by atoms with Crippen molar-refractivity contribution >= 4 is 10.0 Å². The predicted molar refractivity (Wildman–Crippen MR) is 63.2 cm³/mol. The summed E-state index contributed by atoms with van der Waals surface area (Å²) in [5, 5.41) is 3.72. The number of hydrogen-bond donors (Lipinski definition) is 0. The Morgan fingerprint density at radius 2 is 1.94 bits per heavy atom. The highest BCUT2D eigenvalue weighted by Gasteiger charge is 2.42. The standard InChI is InChI=1S/C11H18N2O3S/c1-7(2)13(10-5-6-10)17(14,15)11-8(3)12-16-9(11)4/h7,10H,5-6H2,1-4H3. The smallest absolute Gasteiger partial charge is 0.248 e. The second kappa shape index (κ2) is 4.10. The molecule has 0 N–H and O–H groups in total. The molecule has 0 aromatic carbocycles. The topological polar surface area (TPSA) is 63.4 Å². The molecule has 0 amide bonds. The third kappa shape index (κ3) is 2.11. The Morgan fingerprint density at radius 3 is 2.29 bits per heavy atom. The lowest BCUT2D eigenvalue weighted by Gasteiger charge is -2.25. The van der Waals surface area contributed by atoms with Crippen molar-refractivity contribution in [2.24, 2.45) is 0 Å². The fourth-order valence-corrected chi connectivity index (χ4v) is 4.35. The first-order valence-electron chi connectivity index (χ1n) is 5.82. The number of rotatable bonds is 4. The number of aromatic nitrogens is 1. The first-order chi connectivity index (χ1) is 7.85. The van der Waals surface area contributed by atoms with Crippen LogP contribution in [0.1, 0.15) is 38.1 Å². The van der Waals surface area contributed by atoms with Crippen LogP contribution in [-0.2, 0) is 10.0 Å². The van der Waals surface area contributed by atoms with Crippen molar-refractivity contribution in [1.82, 2.24) is 9.46 Å². The zero-order chi connectivity index (χ0) is 12.8. The first kappa shape index (κ1) is 12.6. The van der Waals surface area contributed by atoms with Crippen LogP contribution in [0.25, 0.3) is 0 Å². The Bertz CT molecular complexity index is 493. The van der Waals surface area contributed by atoms with E-state index in [1.54, 1.807) is 18.2 Å². The Hall–Kier alpha value is -0.880. The third-order valence-corrected chi connectivity index (χ3v) is 5.29. The highest BCUT2D eigenvalue weighted by Crippen LogP contribution is 2.35. The summed E-state index contributed by atoms with van der Waals surface area (Å²) in [6.45, 7) is 7.09. The van der Waals surface area contributed by atoms with Crippen LogP contribution >= 0.6 is 0 Å². The van der Waals surface area contributed by atoms with Crippen LogP contribution in [0.3, 0.4) is 0 Å². The van der Waals surface area contributed by atoms with Crippen molar-refractivity contribution in [1.29, 1.82) is 0 Å². The van der Waals surface area contributed by atoms with Gasteiger partial charge in [0.2, 0.25) is 10.0 Å². The Labute approximate surface area is 102 Å². The molecule has 1 aromatic rings. The maximum absolute atomic E-state index is 12.6. The van der Waals surface area contributed by atoms with E-state index in [2.05, 4.69) is 5.16 Å². The summed E-state index contributed by atoms with van der Waals surface area (Å²) in [4.78, 5) is 0.234. The number of aryl methyl sites for hydroxylation is 2. The molecule has 0 bridgehead atoms. The van der Waals surface area contributed by atoms with Gasteiger partial charge in [-0.3, -0.25) is 0 Å². The van der Waals surface area contributed by atoms with E-state index >= 15 is 0 Å². The Kier molecular flexibility index (Phi) is 3.03. The van der Waals surface area contributed by atoms with Gasteiger partial charge >= 0.3 is 0 Å². The molecule has 0 spiro atoms.